The number of aromatic carboxylic acids is 1. The Balaban J connectivity index is 1.85. The van der Waals surface area contributed by atoms with Gasteiger partial charge in [-0.15, -0.1) is 0 Å². The largest absolute Gasteiger partial charge is 0.478 e. The molecule has 1 fully saturated rings. The standard InChI is InChI=1S/C16H17FN4O2/c17-12-10-11(15(22)23)5-6-13(12)21-9-2-1-4-14(21)20-16-18-7-3-8-19-16/h3,5-8,10,14H,1-2,4,9H2,(H,22,23)(H,18,19,20)/t14-/m0/s1. The van der Waals surface area contributed by atoms with Crippen molar-refractivity contribution in [3.8, 4) is 0 Å². The first-order valence-corrected chi connectivity index (χ1v) is 7.48. The molecule has 7 heteroatoms. The molecule has 1 aliphatic rings. The molecule has 0 unspecified atom stereocenters. The van der Waals surface area contributed by atoms with Gasteiger partial charge in [0.05, 0.1) is 11.3 Å². The van der Waals surface area contributed by atoms with E-state index in [1.54, 1.807) is 18.5 Å². The maximum Gasteiger partial charge on any atom is 0.335 e. The van der Waals surface area contributed by atoms with Crippen molar-refractivity contribution in [1.82, 2.24) is 9.97 Å². The monoisotopic (exact) mass is 316 g/mol. The molecule has 120 valence electrons. The van der Waals surface area contributed by atoms with E-state index < -0.39 is 11.8 Å². The van der Waals surface area contributed by atoms with E-state index in [4.69, 9.17) is 5.11 Å². The van der Waals surface area contributed by atoms with E-state index >= 15 is 0 Å². The number of carboxylic acids is 1. The molecule has 0 saturated carbocycles. The van der Waals surface area contributed by atoms with Crippen LogP contribution < -0.4 is 10.2 Å². The third-order valence-electron chi connectivity index (χ3n) is 3.87. The van der Waals surface area contributed by atoms with Crippen molar-refractivity contribution in [1.29, 1.82) is 0 Å². The summed E-state index contributed by atoms with van der Waals surface area (Å²) in [6.45, 7) is 0.688. The summed E-state index contributed by atoms with van der Waals surface area (Å²) in [6, 6.07) is 5.73. The molecule has 1 aliphatic heterocycles. The summed E-state index contributed by atoms with van der Waals surface area (Å²) in [5.41, 5.74) is 0.335. The number of benzene rings is 1. The third kappa shape index (κ3) is 3.39. The number of hydrogen-bond donors (Lipinski definition) is 2. The zero-order valence-corrected chi connectivity index (χ0v) is 12.4. The Labute approximate surface area is 133 Å². The molecular weight excluding hydrogens is 299 g/mol. The number of piperidine rings is 1. The fraction of sp³-hybridized carbons (Fsp3) is 0.312. The van der Waals surface area contributed by atoms with Gasteiger partial charge in [0.1, 0.15) is 12.0 Å². The summed E-state index contributed by atoms with van der Waals surface area (Å²) in [6.07, 6.45) is 5.97. The van der Waals surface area contributed by atoms with Crippen molar-refractivity contribution in [3.05, 3.63) is 48.0 Å². The van der Waals surface area contributed by atoms with Gasteiger partial charge in [-0.2, -0.15) is 0 Å². The van der Waals surface area contributed by atoms with Gasteiger partial charge in [0.15, 0.2) is 0 Å². The SMILES string of the molecule is O=C(O)c1ccc(N2CCCC[C@H]2Nc2ncccn2)c(F)c1. The van der Waals surface area contributed by atoms with E-state index in [9.17, 15) is 9.18 Å². The molecule has 1 aromatic heterocycles. The summed E-state index contributed by atoms with van der Waals surface area (Å²) < 4.78 is 14.3. The van der Waals surface area contributed by atoms with Gasteiger partial charge in [-0.1, -0.05) is 0 Å². The molecule has 2 N–H and O–H groups in total. The first kappa shape index (κ1) is 15.2. The minimum atomic E-state index is -1.14. The van der Waals surface area contributed by atoms with Crippen molar-refractivity contribution in [2.24, 2.45) is 0 Å². The Kier molecular flexibility index (Phi) is 4.36. The van der Waals surface area contributed by atoms with E-state index in [-0.39, 0.29) is 11.7 Å². The third-order valence-corrected chi connectivity index (χ3v) is 3.87. The lowest BCUT2D eigenvalue weighted by Gasteiger charge is -2.38. The first-order chi connectivity index (χ1) is 11.1. The van der Waals surface area contributed by atoms with Gasteiger partial charge < -0.3 is 15.3 Å². The highest BCUT2D eigenvalue weighted by atomic mass is 19.1. The zero-order valence-electron chi connectivity index (χ0n) is 12.4. The van der Waals surface area contributed by atoms with Crippen LogP contribution in [0.3, 0.4) is 0 Å². The molecule has 0 aliphatic carbocycles. The Bertz CT molecular complexity index is 696. The highest BCUT2D eigenvalue weighted by Crippen LogP contribution is 2.28. The molecule has 3 rings (SSSR count). The number of carboxylic acid groups (broad SMARTS) is 1. The average Bonchev–Trinajstić information content (AvgIpc) is 2.56. The quantitative estimate of drug-likeness (QED) is 0.903. The van der Waals surface area contributed by atoms with Gasteiger partial charge in [-0.05, 0) is 43.5 Å². The molecule has 2 aromatic rings. The van der Waals surface area contributed by atoms with Gasteiger partial charge in [0.25, 0.3) is 0 Å². The number of aromatic nitrogens is 2. The minimum absolute atomic E-state index is 0.0563. The highest BCUT2D eigenvalue weighted by molar-refractivity contribution is 5.88. The predicted octanol–water partition coefficient (Wildman–Crippen LogP) is 2.74. The lowest BCUT2D eigenvalue weighted by molar-refractivity contribution is 0.0696. The van der Waals surface area contributed by atoms with Crippen LogP contribution >= 0.6 is 0 Å². The molecule has 1 saturated heterocycles. The Morgan fingerprint density at radius 1 is 1.30 bits per heavy atom. The fourth-order valence-corrected chi connectivity index (χ4v) is 2.77. The molecule has 0 amide bonds. The first-order valence-electron chi connectivity index (χ1n) is 7.48. The molecule has 2 heterocycles. The van der Waals surface area contributed by atoms with Gasteiger partial charge in [-0.25, -0.2) is 19.2 Å². The number of nitrogens with zero attached hydrogens (tertiary/aromatic N) is 3. The minimum Gasteiger partial charge on any atom is -0.478 e. The molecule has 1 atom stereocenters. The van der Waals surface area contributed by atoms with Crippen LogP contribution in [0.25, 0.3) is 0 Å². The zero-order chi connectivity index (χ0) is 16.2. The maximum absolute atomic E-state index is 14.3. The van der Waals surface area contributed by atoms with Gasteiger partial charge in [0, 0.05) is 18.9 Å². The summed E-state index contributed by atoms with van der Waals surface area (Å²) in [7, 11) is 0. The lowest BCUT2D eigenvalue weighted by atomic mass is 10.1. The van der Waals surface area contributed by atoms with Gasteiger partial charge in [-0.3, -0.25) is 0 Å². The smallest absolute Gasteiger partial charge is 0.335 e. The van der Waals surface area contributed by atoms with Crippen molar-refractivity contribution < 1.29 is 14.3 Å². The molecule has 1 aromatic carbocycles. The van der Waals surface area contributed by atoms with E-state index in [1.165, 1.54) is 12.1 Å². The fourth-order valence-electron chi connectivity index (χ4n) is 2.77. The Hall–Kier alpha value is -2.70. The van der Waals surface area contributed by atoms with Crippen molar-refractivity contribution >= 4 is 17.6 Å². The number of nitrogens with one attached hydrogen (secondary N) is 1. The molecule has 23 heavy (non-hydrogen) atoms. The number of rotatable bonds is 4. The van der Waals surface area contributed by atoms with Crippen LogP contribution in [0.15, 0.2) is 36.7 Å². The van der Waals surface area contributed by atoms with E-state index in [0.29, 0.717) is 18.2 Å². The Morgan fingerprint density at radius 2 is 2.09 bits per heavy atom. The molecule has 0 radical (unpaired) electrons. The second-order valence-corrected chi connectivity index (χ2v) is 5.39. The summed E-state index contributed by atoms with van der Waals surface area (Å²) >= 11 is 0. The summed E-state index contributed by atoms with van der Waals surface area (Å²) in [5.74, 6) is -1.18. The maximum atomic E-state index is 14.3. The second-order valence-electron chi connectivity index (χ2n) is 5.39. The van der Waals surface area contributed by atoms with Gasteiger partial charge in [0.2, 0.25) is 5.95 Å². The highest BCUT2D eigenvalue weighted by Gasteiger charge is 2.25. The number of anilines is 2. The van der Waals surface area contributed by atoms with Crippen molar-refractivity contribution in [3.63, 3.8) is 0 Å². The van der Waals surface area contributed by atoms with Crippen LogP contribution in [0.4, 0.5) is 16.0 Å². The predicted molar refractivity (Wildman–Crippen MR) is 84.0 cm³/mol. The van der Waals surface area contributed by atoms with Crippen LogP contribution in [0.1, 0.15) is 29.6 Å². The number of carbonyl (C=O) groups is 1. The molecule has 0 spiro atoms. The molecule has 6 nitrogen and oxygen atoms in total. The van der Waals surface area contributed by atoms with Crippen LogP contribution in [0, 0.1) is 5.82 Å². The van der Waals surface area contributed by atoms with Crippen LogP contribution in [-0.4, -0.2) is 33.8 Å². The van der Waals surface area contributed by atoms with Crippen molar-refractivity contribution in [2.45, 2.75) is 25.4 Å². The lowest BCUT2D eigenvalue weighted by Crippen LogP contribution is -2.45. The van der Waals surface area contributed by atoms with Crippen LogP contribution in [-0.2, 0) is 0 Å². The molecular formula is C16H17FN4O2. The number of hydrogen-bond acceptors (Lipinski definition) is 5. The van der Waals surface area contributed by atoms with Crippen LogP contribution in [0.5, 0.6) is 0 Å². The van der Waals surface area contributed by atoms with E-state index in [1.807, 2.05) is 4.90 Å². The normalized spacial score (nSPS) is 17.8. The van der Waals surface area contributed by atoms with Gasteiger partial charge >= 0.3 is 5.97 Å². The number of halogens is 1. The second kappa shape index (κ2) is 6.60. The van der Waals surface area contributed by atoms with E-state index in [2.05, 4.69) is 15.3 Å². The van der Waals surface area contributed by atoms with E-state index in [0.717, 1.165) is 25.3 Å². The summed E-state index contributed by atoms with van der Waals surface area (Å²) in [5, 5.41) is 12.2. The Morgan fingerprint density at radius 3 is 2.78 bits per heavy atom. The van der Waals surface area contributed by atoms with Crippen LogP contribution in [0.2, 0.25) is 0 Å². The topological polar surface area (TPSA) is 78.4 Å². The summed E-state index contributed by atoms with van der Waals surface area (Å²) in [4.78, 5) is 21.1. The average molecular weight is 316 g/mol. The molecule has 0 bridgehead atoms. The van der Waals surface area contributed by atoms with Crippen molar-refractivity contribution in [2.75, 3.05) is 16.8 Å².